The van der Waals surface area contributed by atoms with Gasteiger partial charge in [-0.25, -0.2) is 4.90 Å². The summed E-state index contributed by atoms with van der Waals surface area (Å²) >= 11 is 0. The average Bonchev–Trinajstić information content (AvgIpc) is 3.02. The topological polar surface area (TPSA) is 96.6 Å². The van der Waals surface area contributed by atoms with E-state index < -0.39 is 0 Å². The maximum absolute atomic E-state index is 12.4. The number of anilines is 1. The summed E-state index contributed by atoms with van der Waals surface area (Å²) in [4.78, 5) is 17.6. The highest BCUT2D eigenvalue weighted by Gasteiger charge is 2.21. The molecule has 0 bridgehead atoms. The van der Waals surface area contributed by atoms with Gasteiger partial charge in [-0.2, -0.15) is 5.10 Å². The number of benzene rings is 1. The maximum atomic E-state index is 12.4. The number of carbonyl (C=O) groups is 1. The lowest BCUT2D eigenvalue weighted by Crippen LogP contribution is -2.42. The number of ether oxygens (including phenoxy) is 1. The first-order valence-corrected chi connectivity index (χ1v) is 5.87. The van der Waals surface area contributed by atoms with Gasteiger partial charge in [0.1, 0.15) is 5.75 Å². The quantitative estimate of drug-likeness (QED) is 0.644. The van der Waals surface area contributed by atoms with Gasteiger partial charge in [-0.05, 0) is 24.3 Å². The molecule has 3 N–H and O–H groups in total. The Morgan fingerprint density at radius 2 is 2.10 bits per heavy atom. The zero-order valence-electron chi connectivity index (χ0n) is 11.2. The number of aromatic amines is 1. The van der Waals surface area contributed by atoms with Gasteiger partial charge in [0.05, 0.1) is 24.6 Å². The highest BCUT2D eigenvalue weighted by molar-refractivity contribution is 6.21. The number of hydrogen-bond donors (Lipinski definition) is 2. The van der Waals surface area contributed by atoms with E-state index >= 15 is 0 Å². The maximum Gasteiger partial charge on any atom is 0.268 e. The molecule has 104 valence electrons. The van der Waals surface area contributed by atoms with Crippen molar-refractivity contribution in [1.82, 2.24) is 10.2 Å². The molecule has 0 aliphatic heterocycles. The molecule has 20 heavy (non-hydrogen) atoms. The van der Waals surface area contributed by atoms with Gasteiger partial charge in [-0.3, -0.25) is 14.9 Å². The van der Waals surface area contributed by atoms with E-state index in [9.17, 15) is 4.79 Å². The van der Waals surface area contributed by atoms with E-state index in [1.807, 2.05) is 0 Å². The number of nitrogens with two attached hydrogens (primary N) is 1. The highest BCUT2D eigenvalue weighted by Crippen LogP contribution is 2.20. The van der Waals surface area contributed by atoms with Crippen LogP contribution in [-0.4, -0.2) is 36.2 Å². The molecular weight excluding hydrogens is 258 g/mol. The van der Waals surface area contributed by atoms with Crippen LogP contribution in [0.5, 0.6) is 5.75 Å². The van der Waals surface area contributed by atoms with Gasteiger partial charge in [0.25, 0.3) is 5.91 Å². The summed E-state index contributed by atoms with van der Waals surface area (Å²) in [6.45, 7) is 0. The Morgan fingerprint density at radius 3 is 2.60 bits per heavy atom. The third-order valence-electron chi connectivity index (χ3n) is 2.74. The van der Waals surface area contributed by atoms with Crippen molar-refractivity contribution in [2.24, 2.45) is 10.7 Å². The first-order chi connectivity index (χ1) is 9.67. The van der Waals surface area contributed by atoms with E-state index in [0.29, 0.717) is 17.0 Å². The van der Waals surface area contributed by atoms with Crippen LogP contribution < -0.4 is 15.4 Å². The minimum absolute atomic E-state index is 0.0985. The van der Waals surface area contributed by atoms with Crippen molar-refractivity contribution in [3.63, 3.8) is 0 Å². The van der Waals surface area contributed by atoms with Crippen molar-refractivity contribution in [2.75, 3.05) is 19.1 Å². The van der Waals surface area contributed by atoms with Gasteiger partial charge in [-0.1, -0.05) is 0 Å². The molecule has 7 heteroatoms. The van der Waals surface area contributed by atoms with Crippen molar-refractivity contribution >= 4 is 17.6 Å². The summed E-state index contributed by atoms with van der Waals surface area (Å²) in [5, 5.41) is 6.35. The van der Waals surface area contributed by atoms with E-state index in [-0.39, 0.29) is 11.9 Å². The number of H-pyrrole nitrogens is 1. The molecule has 7 nitrogen and oxygen atoms in total. The average molecular weight is 273 g/mol. The van der Waals surface area contributed by atoms with Gasteiger partial charge < -0.3 is 10.5 Å². The van der Waals surface area contributed by atoms with Crippen LogP contribution in [0.1, 0.15) is 10.4 Å². The molecule has 1 aromatic carbocycles. The Labute approximate surface area is 116 Å². The molecule has 2 aromatic rings. The number of carbonyl (C=O) groups excluding carboxylic acids is 1. The zero-order chi connectivity index (χ0) is 14.5. The van der Waals surface area contributed by atoms with Gasteiger partial charge in [0.2, 0.25) is 5.96 Å². The summed E-state index contributed by atoms with van der Waals surface area (Å²) in [6.07, 6.45) is 2.93. The molecular formula is C13H15N5O2. The molecule has 0 aliphatic rings. The van der Waals surface area contributed by atoms with E-state index in [2.05, 4.69) is 15.2 Å². The largest absolute Gasteiger partial charge is 0.497 e. The summed E-state index contributed by atoms with van der Waals surface area (Å²) < 4.78 is 5.09. The minimum atomic E-state index is -0.313. The summed E-state index contributed by atoms with van der Waals surface area (Å²) in [7, 11) is 3.10. The SMILES string of the molecule is CN=C(N)N(C(=O)c1cn[nH]c1)c1ccc(OC)cc1. The molecule has 0 radical (unpaired) electrons. The van der Waals surface area contributed by atoms with Crippen molar-refractivity contribution < 1.29 is 9.53 Å². The van der Waals surface area contributed by atoms with Crippen LogP contribution in [0.25, 0.3) is 0 Å². The molecule has 0 unspecified atom stereocenters. The van der Waals surface area contributed by atoms with Crippen LogP contribution >= 0.6 is 0 Å². The van der Waals surface area contributed by atoms with E-state index in [4.69, 9.17) is 10.5 Å². The van der Waals surface area contributed by atoms with Crippen LogP contribution in [0.4, 0.5) is 5.69 Å². The Bertz CT molecular complexity index is 604. The van der Waals surface area contributed by atoms with Crippen LogP contribution in [0.2, 0.25) is 0 Å². The normalized spacial score (nSPS) is 11.2. The number of rotatable bonds is 3. The van der Waals surface area contributed by atoms with E-state index in [0.717, 1.165) is 0 Å². The van der Waals surface area contributed by atoms with Gasteiger partial charge in [0.15, 0.2) is 0 Å². The van der Waals surface area contributed by atoms with Crippen LogP contribution in [-0.2, 0) is 0 Å². The van der Waals surface area contributed by atoms with Gasteiger partial charge >= 0.3 is 0 Å². The van der Waals surface area contributed by atoms with Crippen LogP contribution in [0, 0.1) is 0 Å². The fraction of sp³-hybridized carbons (Fsp3) is 0.154. The van der Waals surface area contributed by atoms with Crippen molar-refractivity contribution in [3.05, 3.63) is 42.2 Å². The number of nitrogens with zero attached hydrogens (tertiary/aromatic N) is 3. The number of guanidine groups is 1. The predicted molar refractivity (Wildman–Crippen MR) is 75.9 cm³/mol. The third-order valence-corrected chi connectivity index (χ3v) is 2.74. The zero-order valence-corrected chi connectivity index (χ0v) is 11.2. The molecule has 0 spiro atoms. The fourth-order valence-electron chi connectivity index (χ4n) is 1.68. The number of amides is 1. The predicted octanol–water partition coefficient (Wildman–Crippen LogP) is 1.01. The molecule has 2 rings (SSSR count). The monoisotopic (exact) mass is 273 g/mol. The third kappa shape index (κ3) is 2.61. The number of nitrogens with one attached hydrogen (secondary N) is 1. The van der Waals surface area contributed by atoms with Crippen molar-refractivity contribution in [1.29, 1.82) is 0 Å². The molecule has 0 saturated carbocycles. The van der Waals surface area contributed by atoms with Crippen molar-refractivity contribution in [3.8, 4) is 5.75 Å². The van der Waals surface area contributed by atoms with Gasteiger partial charge in [-0.15, -0.1) is 0 Å². The second-order valence-electron chi connectivity index (χ2n) is 3.91. The molecule has 0 fully saturated rings. The minimum Gasteiger partial charge on any atom is -0.497 e. The highest BCUT2D eigenvalue weighted by atomic mass is 16.5. The van der Waals surface area contributed by atoms with Gasteiger partial charge in [0, 0.05) is 13.2 Å². The Kier molecular flexibility index (Phi) is 3.99. The lowest BCUT2D eigenvalue weighted by molar-refractivity contribution is 0.100. The molecule has 0 saturated heterocycles. The number of hydrogen-bond acceptors (Lipinski definition) is 4. The summed E-state index contributed by atoms with van der Waals surface area (Å²) in [6, 6.07) is 6.95. The Balaban J connectivity index is 2.39. The van der Waals surface area contributed by atoms with Crippen LogP contribution in [0.15, 0.2) is 41.7 Å². The molecule has 1 amide bonds. The first-order valence-electron chi connectivity index (χ1n) is 5.87. The second kappa shape index (κ2) is 5.87. The van der Waals surface area contributed by atoms with E-state index in [1.54, 1.807) is 31.4 Å². The number of aliphatic imine (C=N–C) groups is 1. The first kappa shape index (κ1) is 13.6. The Hall–Kier alpha value is -2.83. The molecule has 0 aliphatic carbocycles. The number of aromatic nitrogens is 2. The van der Waals surface area contributed by atoms with Crippen molar-refractivity contribution in [2.45, 2.75) is 0 Å². The van der Waals surface area contributed by atoms with Crippen LogP contribution in [0.3, 0.4) is 0 Å². The molecule has 1 heterocycles. The standard InChI is InChI=1S/C13H15N5O2/c1-15-13(14)18(12(19)9-7-16-17-8-9)10-3-5-11(20-2)6-4-10/h3-8H,1-2H3,(H2,14,15)(H,16,17). The second-order valence-corrected chi connectivity index (χ2v) is 3.91. The molecule has 0 atom stereocenters. The Morgan fingerprint density at radius 1 is 1.40 bits per heavy atom. The summed E-state index contributed by atoms with van der Waals surface area (Å²) in [5.74, 6) is 0.477. The summed E-state index contributed by atoms with van der Waals surface area (Å²) in [5.41, 5.74) is 6.81. The molecule has 1 aromatic heterocycles. The number of methoxy groups -OCH3 is 1. The lowest BCUT2D eigenvalue weighted by atomic mass is 10.2. The lowest BCUT2D eigenvalue weighted by Gasteiger charge is -2.21. The van der Waals surface area contributed by atoms with E-state index in [1.165, 1.54) is 24.3 Å². The smallest absolute Gasteiger partial charge is 0.268 e. The fourth-order valence-corrected chi connectivity index (χ4v) is 1.68.